The lowest BCUT2D eigenvalue weighted by Gasteiger charge is -2.09. The third-order valence-corrected chi connectivity index (χ3v) is 3.58. The number of anilines is 1. The first-order valence-corrected chi connectivity index (χ1v) is 7.53. The molecule has 4 heteroatoms. The molecule has 0 spiro atoms. The molecule has 4 nitrogen and oxygen atoms in total. The lowest BCUT2D eigenvalue weighted by Crippen LogP contribution is -2.08. The highest BCUT2D eigenvalue weighted by atomic mass is 16.3. The molecule has 0 saturated carbocycles. The van der Waals surface area contributed by atoms with E-state index in [9.17, 15) is 5.11 Å². The van der Waals surface area contributed by atoms with E-state index in [-0.39, 0.29) is 0 Å². The number of nitrogens with one attached hydrogen (secondary N) is 1. The van der Waals surface area contributed by atoms with Gasteiger partial charge in [0.25, 0.3) is 0 Å². The van der Waals surface area contributed by atoms with E-state index in [0.29, 0.717) is 11.7 Å². The van der Waals surface area contributed by atoms with Crippen molar-refractivity contribution >= 4 is 11.5 Å². The van der Waals surface area contributed by atoms with Gasteiger partial charge in [-0.3, -0.25) is 0 Å². The Morgan fingerprint density at radius 3 is 2.73 bits per heavy atom. The van der Waals surface area contributed by atoms with Crippen LogP contribution in [0.2, 0.25) is 0 Å². The first-order valence-electron chi connectivity index (χ1n) is 7.53. The van der Waals surface area contributed by atoms with Crippen LogP contribution in [0.25, 0.3) is 5.57 Å². The molecule has 1 aromatic heterocycles. The molecule has 2 aromatic rings. The van der Waals surface area contributed by atoms with Crippen LogP contribution in [0.5, 0.6) is 5.75 Å². The normalized spacial score (nSPS) is 13.7. The first-order chi connectivity index (χ1) is 10.8. The van der Waals surface area contributed by atoms with Gasteiger partial charge in [0.2, 0.25) is 5.95 Å². The van der Waals surface area contributed by atoms with Gasteiger partial charge in [0.15, 0.2) is 0 Å². The van der Waals surface area contributed by atoms with E-state index in [1.807, 2.05) is 18.2 Å². The SMILES string of the molecule is Oc1ccc(CCNc2nccc(C3=CCCC=C3)n2)cc1. The van der Waals surface area contributed by atoms with Crippen molar-refractivity contribution in [2.24, 2.45) is 0 Å². The van der Waals surface area contributed by atoms with Crippen molar-refractivity contribution in [1.29, 1.82) is 0 Å². The van der Waals surface area contributed by atoms with E-state index in [1.165, 1.54) is 5.56 Å². The van der Waals surface area contributed by atoms with Gasteiger partial charge in [0.05, 0.1) is 5.69 Å². The second-order valence-corrected chi connectivity index (χ2v) is 5.25. The molecule has 1 aromatic carbocycles. The molecule has 0 bridgehead atoms. The Labute approximate surface area is 130 Å². The number of nitrogens with zero attached hydrogens (tertiary/aromatic N) is 2. The number of phenolic OH excluding ortho intramolecular Hbond substituents is 1. The number of hydrogen-bond acceptors (Lipinski definition) is 4. The van der Waals surface area contributed by atoms with Gasteiger partial charge in [-0.25, -0.2) is 9.97 Å². The summed E-state index contributed by atoms with van der Waals surface area (Å²) in [5.41, 5.74) is 3.28. The molecule has 1 aliphatic rings. The highest BCUT2D eigenvalue weighted by Crippen LogP contribution is 2.19. The van der Waals surface area contributed by atoms with Crippen LogP contribution in [0, 0.1) is 0 Å². The molecule has 0 atom stereocenters. The summed E-state index contributed by atoms with van der Waals surface area (Å²) in [5, 5.41) is 12.5. The predicted molar refractivity (Wildman–Crippen MR) is 88.7 cm³/mol. The highest BCUT2D eigenvalue weighted by Gasteiger charge is 2.04. The van der Waals surface area contributed by atoms with Crippen LogP contribution in [-0.2, 0) is 6.42 Å². The Kier molecular flexibility index (Phi) is 4.49. The number of aromatic hydroxyl groups is 1. The summed E-state index contributed by atoms with van der Waals surface area (Å²) in [5.74, 6) is 0.942. The monoisotopic (exact) mass is 293 g/mol. The van der Waals surface area contributed by atoms with Crippen LogP contribution in [0.4, 0.5) is 5.95 Å². The average molecular weight is 293 g/mol. The Morgan fingerprint density at radius 1 is 1.09 bits per heavy atom. The number of allylic oxidation sites excluding steroid dienone is 4. The van der Waals surface area contributed by atoms with Crippen molar-refractivity contribution in [3.63, 3.8) is 0 Å². The molecule has 0 amide bonds. The van der Waals surface area contributed by atoms with Gasteiger partial charge in [0, 0.05) is 12.7 Å². The summed E-state index contributed by atoms with van der Waals surface area (Å²) in [4.78, 5) is 8.83. The first kappa shape index (κ1) is 14.3. The van der Waals surface area contributed by atoms with Gasteiger partial charge < -0.3 is 10.4 Å². The maximum absolute atomic E-state index is 9.27. The van der Waals surface area contributed by atoms with Gasteiger partial charge in [-0.1, -0.05) is 30.4 Å². The Balaban J connectivity index is 1.60. The van der Waals surface area contributed by atoms with Crippen LogP contribution < -0.4 is 5.32 Å². The second-order valence-electron chi connectivity index (χ2n) is 5.25. The summed E-state index contributed by atoms with van der Waals surface area (Å²) in [7, 11) is 0. The van der Waals surface area contributed by atoms with Crippen LogP contribution in [-0.4, -0.2) is 21.6 Å². The average Bonchev–Trinajstić information content (AvgIpc) is 2.58. The Hall–Kier alpha value is -2.62. The van der Waals surface area contributed by atoms with Crippen molar-refractivity contribution in [3.05, 3.63) is 66.0 Å². The van der Waals surface area contributed by atoms with Crippen molar-refractivity contribution in [2.45, 2.75) is 19.3 Å². The highest BCUT2D eigenvalue weighted by molar-refractivity contribution is 5.72. The fourth-order valence-corrected chi connectivity index (χ4v) is 2.39. The predicted octanol–water partition coefficient (Wildman–Crippen LogP) is 3.57. The molecule has 2 N–H and O–H groups in total. The quantitative estimate of drug-likeness (QED) is 0.885. The summed E-state index contributed by atoms with van der Waals surface area (Å²) in [6.07, 6.45) is 11.3. The van der Waals surface area contributed by atoms with E-state index in [0.717, 1.165) is 37.1 Å². The van der Waals surface area contributed by atoms with Crippen LogP contribution >= 0.6 is 0 Å². The molecule has 0 unspecified atom stereocenters. The summed E-state index contributed by atoms with van der Waals surface area (Å²) >= 11 is 0. The molecule has 0 fully saturated rings. The molecule has 0 saturated heterocycles. The van der Waals surface area contributed by atoms with E-state index in [2.05, 4.69) is 33.5 Å². The lowest BCUT2D eigenvalue weighted by atomic mass is 10.0. The molecule has 1 heterocycles. The number of aromatic nitrogens is 2. The molecule has 1 aliphatic carbocycles. The van der Waals surface area contributed by atoms with Crippen LogP contribution in [0.3, 0.4) is 0 Å². The fraction of sp³-hybridized carbons (Fsp3) is 0.222. The fourth-order valence-electron chi connectivity index (χ4n) is 2.39. The van der Waals surface area contributed by atoms with Crippen LogP contribution in [0.15, 0.2) is 54.8 Å². The number of benzene rings is 1. The summed E-state index contributed by atoms with van der Waals surface area (Å²) in [6, 6.07) is 9.19. The molecule has 22 heavy (non-hydrogen) atoms. The number of phenols is 1. The van der Waals surface area contributed by atoms with E-state index < -0.39 is 0 Å². The zero-order chi connectivity index (χ0) is 15.2. The van der Waals surface area contributed by atoms with E-state index >= 15 is 0 Å². The largest absolute Gasteiger partial charge is 0.508 e. The zero-order valence-electron chi connectivity index (χ0n) is 12.4. The third-order valence-electron chi connectivity index (χ3n) is 3.58. The van der Waals surface area contributed by atoms with Crippen molar-refractivity contribution < 1.29 is 5.11 Å². The van der Waals surface area contributed by atoms with E-state index in [4.69, 9.17) is 0 Å². The maximum atomic E-state index is 9.27. The van der Waals surface area contributed by atoms with Crippen molar-refractivity contribution in [3.8, 4) is 5.75 Å². The molecular weight excluding hydrogens is 274 g/mol. The smallest absolute Gasteiger partial charge is 0.223 e. The minimum Gasteiger partial charge on any atom is -0.508 e. The van der Waals surface area contributed by atoms with Crippen molar-refractivity contribution in [2.75, 3.05) is 11.9 Å². The number of rotatable bonds is 5. The molecule has 3 rings (SSSR count). The zero-order valence-corrected chi connectivity index (χ0v) is 12.4. The summed E-state index contributed by atoms with van der Waals surface area (Å²) < 4.78 is 0. The Morgan fingerprint density at radius 2 is 1.95 bits per heavy atom. The van der Waals surface area contributed by atoms with Crippen LogP contribution in [0.1, 0.15) is 24.1 Å². The number of hydrogen-bond donors (Lipinski definition) is 2. The van der Waals surface area contributed by atoms with Crippen molar-refractivity contribution in [1.82, 2.24) is 9.97 Å². The molecular formula is C18H19N3O. The van der Waals surface area contributed by atoms with Gasteiger partial charge in [-0.05, 0) is 48.6 Å². The van der Waals surface area contributed by atoms with Gasteiger partial charge in [-0.2, -0.15) is 0 Å². The molecule has 0 aliphatic heterocycles. The topological polar surface area (TPSA) is 58.0 Å². The minimum atomic E-state index is 0.293. The second kappa shape index (κ2) is 6.89. The standard InChI is InChI=1S/C18H19N3O/c22-16-8-6-14(7-9-16)10-12-19-18-20-13-11-17(21-18)15-4-2-1-3-5-15/h2,4-9,11,13,22H,1,3,10,12H2,(H,19,20,21). The molecule has 112 valence electrons. The van der Waals surface area contributed by atoms with Gasteiger partial charge in [0.1, 0.15) is 5.75 Å². The molecule has 0 radical (unpaired) electrons. The third kappa shape index (κ3) is 3.73. The maximum Gasteiger partial charge on any atom is 0.223 e. The minimum absolute atomic E-state index is 0.293. The summed E-state index contributed by atoms with van der Waals surface area (Å²) in [6.45, 7) is 0.753. The van der Waals surface area contributed by atoms with E-state index in [1.54, 1.807) is 18.3 Å². The lowest BCUT2D eigenvalue weighted by molar-refractivity contribution is 0.475. The van der Waals surface area contributed by atoms with Gasteiger partial charge in [-0.15, -0.1) is 0 Å². The Bertz CT molecular complexity index is 690. The van der Waals surface area contributed by atoms with Gasteiger partial charge >= 0.3 is 0 Å².